The Bertz CT molecular complexity index is 818. The van der Waals surface area contributed by atoms with Crippen LogP contribution in [0.25, 0.3) is 0 Å². The zero-order valence-corrected chi connectivity index (χ0v) is 15.7. The zero-order chi connectivity index (χ0) is 19.8. The second kappa shape index (κ2) is 9.47. The maximum atomic E-state index is 12.4. The number of anilines is 1. The highest BCUT2D eigenvalue weighted by Crippen LogP contribution is 2.17. The first-order valence-corrected chi connectivity index (χ1v) is 8.68. The van der Waals surface area contributed by atoms with Crippen molar-refractivity contribution in [2.75, 3.05) is 26.0 Å². The molecule has 1 heterocycles. The number of aromatic nitrogens is 1. The van der Waals surface area contributed by atoms with Crippen LogP contribution in [0.1, 0.15) is 51.0 Å². The summed E-state index contributed by atoms with van der Waals surface area (Å²) in [6.45, 7) is 2.71. The molecule has 2 rings (SSSR count). The number of benzene rings is 1. The van der Waals surface area contributed by atoms with E-state index in [0.717, 1.165) is 12.8 Å². The van der Waals surface area contributed by atoms with Crippen LogP contribution in [-0.2, 0) is 4.74 Å². The number of unbranched alkanes of at least 4 members (excludes halogenated alkanes) is 1. The van der Waals surface area contributed by atoms with Gasteiger partial charge in [-0.2, -0.15) is 0 Å². The van der Waals surface area contributed by atoms with Crippen molar-refractivity contribution in [1.29, 1.82) is 0 Å². The quantitative estimate of drug-likeness (QED) is 0.758. The Hall–Kier alpha value is -3.22. The van der Waals surface area contributed by atoms with Gasteiger partial charge in [-0.3, -0.25) is 14.6 Å². The average Bonchev–Trinajstić information content (AvgIpc) is 2.71. The molecule has 0 saturated heterocycles. The summed E-state index contributed by atoms with van der Waals surface area (Å²) in [6.07, 6.45) is 3.26. The SMILES string of the molecule is CCCCN(C)C(=O)c1ccc(C(=O)Nc2ccccc2C(=O)OC)cn1. The number of methoxy groups -OCH3 is 1. The number of ether oxygens (including phenoxy) is 1. The maximum Gasteiger partial charge on any atom is 0.339 e. The summed E-state index contributed by atoms with van der Waals surface area (Å²) < 4.78 is 4.71. The van der Waals surface area contributed by atoms with E-state index in [9.17, 15) is 14.4 Å². The van der Waals surface area contributed by atoms with Crippen molar-refractivity contribution in [3.63, 3.8) is 0 Å². The first kappa shape index (κ1) is 20.1. The molecule has 0 aliphatic rings. The number of nitrogens with zero attached hydrogens (tertiary/aromatic N) is 2. The van der Waals surface area contributed by atoms with Crippen molar-refractivity contribution in [1.82, 2.24) is 9.88 Å². The van der Waals surface area contributed by atoms with Crippen LogP contribution in [0.5, 0.6) is 0 Å². The van der Waals surface area contributed by atoms with Gasteiger partial charge in [0.1, 0.15) is 5.69 Å². The van der Waals surface area contributed by atoms with Crippen molar-refractivity contribution in [3.8, 4) is 0 Å². The van der Waals surface area contributed by atoms with Gasteiger partial charge in [0.15, 0.2) is 0 Å². The highest BCUT2D eigenvalue weighted by Gasteiger charge is 2.16. The molecule has 1 aromatic carbocycles. The van der Waals surface area contributed by atoms with Crippen molar-refractivity contribution in [3.05, 3.63) is 59.4 Å². The molecule has 2 amide bonds. The van der Waals surface area contributed by atoms with Crippen LogP contribution >= 0.6 is 0 Å². The molecule has 7 heteroatoms. The second-order valence-electron chi connectivity index (χ2n) is 6.00. The fourth-order valence-corrected chi connectivity index (χ4v) is 2.42. The molecule has 0 radical (unpaired) electrons. The van der Waals surface area contributed by atoms with Crippen LogP contribution in [0.4, 0.5) is 5.69 Å². The number of para-hydroxylation sites is 1. The number of carbonyl (C=O) groups is 3. The third-order valence-electron chi connectivity index (χ3n) is 4.02. The number of pyridine rings is 1. The van der Waals surface area contributed by atoms with E-state index in [-0.39, 0.29) is 22.7 Å². The summed E-state index contributed by atoms with van der Waals surface area (Å²) >= 11 is 0. The first-order chi connectivity index (χ1) is 13.0. The third kappa shape index (κ3) is 5.13. The molecule has 0 aliphatic heterocycles. The monoisotopic (exact) mass is 369 g/mol. The van der Waals surface area contributed by atoms with E-state index >= 15 is 0 Å². The average molecular weight is 369 g/mol. The lowest BCUT2D eigenvalue weighted by molar-refractivity contribution is 0.0601. The number of esters is 1. The maximum absolute atomic E-state index is 12.4. The Morgan fingerprint density at radius 1 is 1.15 bits per heavy atom. The number of nitrogens with one attached hydrogen (secondary N) is 1. The number of hydrogen-bond donors (Lipinski definition) is 1. The second-order valence-corrected chi connectivity index (χ2v) is 6.00. The first-order valence-electron chi connectivity index (χ1n) is 8.68. The lowest BCUT2D eigenvalue weighted by atomic mass is 10.1. The van der Waals surface area contributed by atoms with Crippen LogP contribution in [0, 0.1) is 0 Å². The van der Waals surface area contributed by atoms with Gasteiger partial charge in [-0.25, -0.2) is 4.79 Å². The molecule has 0 fully saturated rings. The van der Waals surface area contributed by atoms with E-state index in [1.807, 2.05) is 0 Å². The van der Waals surface area contributed by atoms with Gasteiger partial charge in [0.25, 0.3) is 11.8 Å². The molecule has 0 spiro atoms. The fourth-order valence-electron chi connectivity index (χ4n) is 2.42. The number of rotatable bonds is 7. The van der Waals surface area contributed by atoms with E-state index in [0.29, 0.717) is 12.2 Å². The predicted molar refractivity (Wildman–Crippen MR) is 102 cm³/mol. The summed E-state index contributed by atoms with van der Waals surface area (Å²) in [5, 5.41) is 2.67. The molecular weight excluding hydrogens is 346 g/mol. The fraction of sp³-hybridized carbons (Fsp3) is 0.300. The summed E-state index contributed by atoms with van der Waals surface area (Å²) in [6, 6.07) is 9.61. The smallest absolute Gasteiger partial charge is 0.339 e. The molecule has 142 valence electrons. The Morgan fingerprint density at radius 2 is 1.89 bits per heavy atom. The highest BCUT2D eigenvalue weighted by molar-refractivity contribution is 6.08. The van der Waals surface area contributed by atoms with Crippen molar-refractivity contribution >= 4 is 23.5 Å². The van der Waals surface area contributed by atoms with E-state index in [2.05, 4.69) is 17.2 Å². The van der Waals surface area contributed by atoms with Gasteiger partial charge in [0.2, 0.25) is 0 Å². The normalized spacial score (nSPS) is 10.2. The number of amides is 2. The standard InChI is InChI=1S/C20H23N3O4/c1-4-5-12-23(2)19(25)17-11-10-14(13-21-17)18(24)22-16-9-7-6-8-15(16)20(26)27-3/h6-11,13H,4-5,12H2,1-3H3,(H,22,24). The van der Waals surface area contributed by atoms with Gasteiger partial charge in [-0.1, -0.05) is 25.5 Å². The van der Waals surface area contributed by atoms with Gasteiger partial charge in [0, 0.05) is 19.8 Å². The molecule has 27 heavy (non-hydrogen) atoms. The molecule has 1 aromatic heterocycles. The van der Waals surface area contributed by atoms with E-state index in [4.69, 9.17) is 4.74 Å². The Morgan fingerprint density at radius 3 is 2.52 bits per heavy atom. The third-order valence-corrected chi connectivity index (χ3v) is 4.02. The molecule has 2 aromatic rings. The summed E-state index contributed by atoms with van der Waals surface area (Å²) in [4.78, 5) is 42.2. The molecule has 1 N–H and O–H groups in total. The lowest BCUT2D eigenvalue weighted by Crippen LogP contribution is -2.28. The Balaban J connectivity index is 2.11. The summed E-state index contributed by atoms with van der Waals surface area (Å²) in [7, 11) is 3.00. The molecular formula is C20H23N3O4. The topological polar surface area (TPSA) is 88.6 Å². The van der Waals surface area contributed by atoms with Crippen LogP contribution in [0.15, 0.2) is 42.6 Å². The number of carbonyl (C=O) groups excluding carboxylic acids is 3. The van der Waals surface area contributed by atoms with Crippen molar-refractivity contribution < 1.29 is 19.1 Å². The Labute approximate surface area is 158 Å². The molecule has 0 unspecified atom stereocenters. The molecule has 0 saturated carbocycles. The molecule has 7 nitrogen and oxygen atoms in total. The number of hydrogen-bond acceptors (Lipinski definition) is 5. The minimum Gasteiger partial charge on any atom is -0.465 e. The van der Waals surface area contributed by atoms with Crippen LogP contribution in [0.2, 0.25) is 0 Å². The minimum absolute atomic E-state index is 0.188. The lowest BCUT2D eigenvalue weighted by Gasteiger charge is -2.16. The summed E-state index contributed by atoms with van der Waals surface area (Å²) in [5.74, 6) is -1.16. The van der Waals surface area contributed by atoms with Gasteiger partial charge < -0.3 is 15.0 Å². The van der Waals surface area contributed by atoms with Gasteiger partial charge >= 0.3 is 5.97 Å². The summed E-state index contributed by atoms with van der Waals surface area (Å²) in [5.41, 5.74) is 1.15. The van der Waals surface area contributed by atoms with Crippen molar-refractivity contribution in [2.45, 2.75) is 19.8 Å². The van der Waals surface area contributed by atoms with Crippen LogP contribution < -0.4 is 5.32 Å². The van der Waals surface area contributed by atoms with E-state index in [1.54, 1.807) is 36.2 Å². The minimum atomic E-state index is -0.542. The Kier molecular flexibility index (Phi) is 7.05. The molecule has 0 aliphatic carbocycles. The largest absolute Gasteiger partial charge is 0.465 e. The van der Waals surface area contributed by atoms with E-state index in [1.165, 1.54) is 25.4 Å². The van der Waals surface area contributed by atoms with E-state index < -0.39 is 11.9 Å². The van der Waals surface area contributed by atoms with Crippen LogP contribution in [0.3, 0.4) is 0 Å². The predicted octanol–water partition coefficient (Wildman–Crippen LogP) is 2.99. The zero-order valence-electron chi connectivity index (χ0n) is 15.7. The van der Waals surface area contributed by atoms with Crippen molar-refractivity contribution in [2.24, 2.45) is 0 Å². The molecule has 0 atom stereocenters. The van der Waals surface area contributed by atoms with Gasteiger partial charge in [0.05, 0.1) is 23.9 Å². The van der Waals surface area contributed by atoms with Crippen LogP contribution in [-0.4, -0.2) is 48.4 Å². The highest BCUT2D eigenvalue weighted by atomic mass is 16.5. The van der Waals surface area contributed by atoms with Gasteiger partial charge in [-0.15, -0.1) is 0 Å². The van der Waals surface area contributed by atoms with Gasteiger partial charge in [-0.05, 0) is 30.7 Å². The molecule has 0 bridgehead atoms.